The first-order chi connectivity index (χ1) is 7.07. The van der Waals surface area contributed by atoms with Crippen molar-refractivity contribution in [2.75, 3.05) is 13.1 Å². The Labute approximate surface area is 91.5 Å². The number of aliphatic hydroxyl groups excluding tert-OH is 1. The Morgan fingerprint density at radius 1 is 1.53 bits per heavy atom. The summed E-state index contributed by atoms with van der Waals surface area (Å²) >= 11 is 0. The summed E-state index contributed by atoms with van der Waals surface area (Å²) in [7, 11) is 0. The fourth-order valence-electron chi connectivity index (χ4n) is 1.70. The number of aliphatic hydroxyl groups is 2. The molecule has 0 aromatic rings. The van der Waals surface area contributed by atoms with Crippen molar-refractivity contribution in [1.82, 2.24) is 5.32 Å². The highest BCUT2D eigenvalue weighted by Crippen LogP contribution is 2.24. The highest BCUT2D eigenvalue weighted by Gasteiger charge is 2.26. The zero-order valence-electron chi connectivity index (χ0n) is 9.58. The zero-order chi connectivity index (χ0) is 11.3. The molecule has 1 rings (SSSR count). The highest BCUT2D eigenvalue weighted by atomic mass is 16.3. The number of nitrogens with one attached hydrogen (secondary N) is 1. The van der Waals surface area contributed by atoms with E-state index in [1.54, 1.807) is 12.2 Å². The summed E-state index contributed by atoms with van der Waals surface area (Å²) in [6, 6.07) is 0. The van der Waals surface area contributed by atoms with Gasteiger partial charge in [0, 0.05) is 13.0 Å². The molecule has 3 nitrogen and oxygen atoms in total. The summed E-state index contributed by atoms with van der Waals surface area (Å²) in [5.74, 6) is 0.285. The monoisotopic (exact) mass is 211 g/mol. The summed E-state index contributed by atoms with van der Waals surface area (Å²) in [6.45, 7) is 5.43. The van der Waals surface area contributed by atoms with Gasteiger partial charge in [0.1, 0.15) is 5.76 Å². The van der Waals surface area contributed by atoms with Crippen LogP contribution in [0, 0.1) is 0 Å². The van der Waals surface area contributed by atoms with Gasteiger partial charge in [-0.25, -0.2) is 0 Å². The van der Waals surface area contributed by atoms with Crippen LogP contribution in [0.5, 0.6) is 0 Å². The number of unbranched alkanes of at least 4 members (excludes halogenated alkanes) is 1. The maximum atomic E-state index is 10.2. The Bertz CT molecular complexity index is 271. The van der Waals surface area contributed by atoms with Crippen molar-refractivity contribution in [3.05, 3.63) is 23.5 Å². The summed E-state index contributed by atoms with van der Waals surface area (Å²) < 4.78 is 0. The second-order valence-electron chi connectivity index (χ2n) is 4.25. The first-order valence-electron chi connectivity index (χ1n) is 5.59. The molecule has 3 N–H and O–H groups in total. The third kappa shape index (κ3) is 3.68. The van der Waals surface area contributed by atoms with Gasteiger partial charge < -0.3 is 15.5 Å². The van der Waals surface area contributed by atoms with E-state index >= 15 is 0 Å². The second kappa shape index (κ2) is 5.33. The molecule has 0 heterocycles. The molecule has 86 valence electrons. The van der Waals surface area contributed by atoms with Gasteiger partial charge in [0.05, 0.1) is 5.60 Å². The molecule has 0 saturated carbocycles. The molecule has 0 spiro atoms. The first kappa shape index (κ1) is 12.3. The third-order valence-corrected chi connectivity index (χ3v) is 2.68. The van der Waals surface area contributed by atoms with Crippen LogP contribution in [0.3, 0.4) is 0 Å². The van der Waals surface area contributed by atoms with Gasteiger partial charge in [-0.15, -0.1) is 0 Å². The normalized spacial score (nSPS) is 26.1. The van der Waals surface area contributed by atoms with Gasteiger partial charge in [-0.05, 0) is 37.6 Å². The molecular weight excluding hydrogens is 190 g/mol. The predicted octanol–water partition coefficient (Wildman–Crippen LogP) is 1.90. The molecule has 15 heavy (non-hydrogen) atoms. The van der Waals surface area contributed by atoms with Gasteiger partial charge >= 0.3 is 0 Å². The Hall–Kier alpha value is -0.800. The third-order valence-electron chi connectivity index (χ3n) is 2.68. The Kier molecular flexibility index (Phi) is 4.36. The lowest BCUT2D eigenvalue weighted by atomic mass is 9.91. The molecule has 3 heteroatoms. The van der Waals surface area contributed by atoms with E-state index in [9.17, 15) is 10.2 Å². The SMILES string of the molecule is CCCCNCC1(O)C=C(C)C(O)=CC1. The molecule has 0 radical (unpaired) electrons. The summed E-state index contributed by atoms with van der Waals surface area (Å²) in [5, 5.41) is 22.8. The largest absolute Gasteiger partial charge is 0.508 e. The molecule has 1 atom stereocenters. The Balaban J connectivity index is 2.41. The van der Waals surface area contributed by atoms with Crippen LogP contribution >= 0.6 is 0 Å². The molecule has 1 aliphatic carbocycles. The molecule has 1 aliphatic rings. The summed E-state index contributed by atoms with van der Waals surface area (Å²) in [4.78, 5) is 0. The van der Waals surface area contributed by atoms with E-state index < -0.39 is 5.60 Å². The van der Waals surface area contributed by atoms with Crippen molar-refractivity contribution >= 4 is 0 Å². The van der Waals surface area contributed by atoms with Crippen LogP contribution < -0.4 is 5.32 Å². The average Bonchev–Trinajstić information content (AvgIpc) is 2.20. The molecule has 0 fully saturated rings. The van der Waals surface area contributed by atoms with Crippen LogP contribution in [-0.2, 0) is 0 Å². The molecule has 0 aliphatic heterocycles. The van der Waals surface area contributed by atoms with Crippen molar-refractivity contribution in [1.29, 1.82) is 0 Å². The van der Waals surface area contributed by atoms with Crippen LogP contribution in [0.25, 0.3) is 0 Å². The minimum Gasteiger partial charge on any atom is -0.508 e. The van der Waals surface area contributed by atoms with E-state index in [4.69, 9.17) is 0 Å². The molecule has 0 bridgehead atoms. The van der Waals surface area contributed by atoms with Gasteiger partial charge in [0.15, 0.2) is 0 Å². The smallest absolute Gasteiger partial charge is 0.114 e. The van der Waals surface area contributed by atoms with Crippen LogP contribution in [-0.4, -0.2) is 28.9 Å². The van der Waals surface area contributed by atoms with E-state index in [0.29, 0.717) is 13.0 Å². The van der Waals surface area contributed by atoms with E-state index in [-0.39, 0.29) is 5.76 Å². The van der Waals surface area contributed by atoms with Crippen molar-refractivity contribution in [2.45, 2.75) is 38.7 Å². The lowest BCUT2D eigenvalue weighted by molar-refractivity contribution is 0.0888. The van der Waals surface area contributed by atoms with Gasteiger partial charge in [-0.2, -0.15) is 0 Å². The Morgan fingerprint density at radius 3 is 2.87 bits per heavy atom. The van der Waals surface area contributed by atoms with Crippen molar-refractivity contribution in [3.63, 3.8) is 0 Å². The number of hydrogen-bond acceptors (Lipinski definition) is 3. The van der Waals surface area contributed by atoms with Crippen LogP contribution in [0.2, 0.25) is 0 Å². The summed E-state index contributed by atoms with van der Waals surface area (Å²) in [6.07, 6.45) is 6.17. The minimum atomic E-state index is -0.829. The molecule has 0 aromatic heterocycles. The van der Waals surface area contributed by atoms with Gasteiger partial charge in [0.25, 0.3) is 0 Å². The van der Waals surface area contributed by atoms with Gasteiger partial charge in [-0.1, -0.05) is 13.3 Å². The number of allylic oxidation sites excluding steroid dienone is 1. The molecule has 0 amide bonds. The molecular formula is C12H21NO2. The Morgan fingerprint density at radius 2 is 2.27 bits per heavy atom. The van der Waals surface area contributed by atoms with Crippen molar-refractivity contribution < 1.29 is 10.2 Å². The maximum Gasteiger partial charge on any atom is 0.114 e. The van der Waals surface area contributed by atoms with Crippen LogP contribution in [0.1, 0.15) is 33.1 Å². The molecule has 1 unspecified atom stereocenters. The minimum absolute atomic E-state index is 0.285. The number of rotatable bonds is 5. The second-order valence-corrected chi connectivity index (χ2v) is 4.25. The standard InChI is InChI=1S/C12H21NO2/c1-3-4-7-13-9-12(15)6-5-11(14)10(2)8-12/h5,8,13-15H,3-4,6-7,9H2,1-2H3. The van der Waals surface area contributed by atoms with Crippen LogP contribution in [0.4, 0.5) is 0 Å². The molecule has 0 aromatic carbocycles. The number of hydrogen-bond donors (Lipinski definition) is 3. The van der Waals surface area contributed by atoms with Crippen LogP contribution in [0.15, 0.2) is 23.5 Å². The lowest BCUT2D eigenvalue weighted by Gasteiger charge is -2.27. The topological polar surface area (TPSA) is 52.5 Å². The zero-order valence-corrected chi connectivity index (χ0v) is 9.58. The average molecular weight is 211 g/mol. The van der Waals surface area contributed by atoms with E-state index in [2.05, 4.69) is 12.2 Å². The van der Waals surface area contributed by atoms with E-state index in [0.717, 1.165) is 25.0 Å². The van der Waals surface area contributed by atoms with E-state index in [1.165, 1.54) is 0 Å². The highest BCUT2D eigenvalue weighted by molar-refractivity contribution is 5.31. The fourth-order valence-corrected chi connectivity index (χ4v) is 1.70. The molecule has 0 saturated heterocycles. The quantitative estimate of drug-likeness (QED) is 0.609. The van der Waals surface area contributed by atoms with Crippen molar-refractivity contribution in [3.8, 4) is 0 Å². The first-order valence-corrected chi connectivity index (χ1v) is 5.59. The predicted molar refractivity (Wildman–Crippen MR) is 61.8 cm³/mol. The van der Waals surface area contributed by atoms with E-state index in [1.807, 2.05) is 6.92 Å². The summed E-state index contributed by atoms with van der Waals surface area (Å²) in [5.41, 5.74) is -0.0783. The van der Waals surface area contributed by atoms with Gasteiger partial charge in [-0.3, -0.25) is 0 Å². The lowest BCUT2D eigenvalue weighted by Crippen LogP contribution is -2.40. The van der Waals surface area contributed by atoms with Gasteiger partial charge in [0.2, 0.25) is 0 Å². The fraction of sp³-hybridized carbons (Fsp3) is 0.667. The maximum absolute atomic E-state index is 10.2. The van der Waals surface area contributed by atoms with Crippen molar-refractivity contribution in [2.24, 2.45) is 0 Å².